The van der Waals surface area contributed by atoms with Crippen LogP contribution < -0.4 is 10.0 Å². The first-order chi connectivity index (χ1) is 9.36. The molecule has 20 heavy (non-hydrogen) atoms. The maximum Gasteiger partial charge on any atom is 0.228 e. The highest BCUT2D eigenvalue weighted by molar-refractivity contribution is 7.89. The Morgan fingerprint density at radius 3 is 2.70 bits per heavy atom. The van der Waals surface area contributed by atoms with Gasteiger partial charge >= 0.3 is 0 Å². The molecule has 0 aromatic heterocycles. The second-order valence-electron chi connectivity index (χ2n) is 4.73. The Hall–Kier alpha value is -1.91. The van der Waals surface area contributed by atoms with Crippen LogP contribution in [-0.4, -0.2) is 26.1 Å². The number of hydrogen-bond acceptors (Lipinski definition) is 4. The van der Waals surface area contributed by atoms with E-state index in [2.05, 4.69) is 0 Å². The van der Waals surface area contributed by atoms with Crippen LogP contribution in [-0.2, 0) is 21.2 Å². The molecular weight excluding hydrogens is 278 g/mol. The molecular formula is C13H15N3O3S. The minimum absolute atomic E-state index is 0.0660. The van der Waals surface area contributed by atoms with Crippen LogP contribution in [0.1, 0.15) is 24.5 Å². The average molecular weight is 293 g/mol. The molecule has 1 atom stereocenters. The fraction of sp³-hybridized carbons (Fsp3) is 0.385. The number of carbonyl (C=O) groups excluding carboxylic acids is 1. The number of rotatable bonds is 3. The summed E-state index contributed by atoms with van der Waals surface area (Å²) in [7, 11) is -3.72. The van der Waals surface area contributed by atoms with Crippen molar-refractivity contribution in [2.24, 2.45) is 5.14 Å². The minimum atomic E-state index is -3.72. The van der Waals surface area contributed by atoms with Crippen LogP contribution >= 0.6 is 0 Å². The number of nitrogens with zero attached hydrogens (tertiary/aromatic N) is 2. The highest BCUT2D eigenvalue weighted by Crippen LogP contribution is 2.28. The van der Waals surface area contributed by atoms with Gasteiger partial charge in [0.25, 0.3) is 0 Å². The highest BCUT2D eigenvalue weighted by Gasteiger charge is 2.37. The highest BCUT2D eigenvalue weighted by atomic mass is 32.2. The third-order valence-corrected chi connectivity index (χ3v) is 4.68. The van der Waals surface area contributed by atoms with E-state index in [1.165, 1.54) is 4.90 Å². The summed E-state index contributed by atoms with van der Waals surface area (Å²) in [5.74, 6) is -0.261. The Kier molecular flexibility index (Phi) is 3.79. The topological polar surface area (TPSA) is 104 Å². The summed E-state index contributed by atoms with van der Waals surface area (Å²) in [4.78, 5) is 13.4. The van der Waals surface area contributed by atoms with E-state index in [4.69, 9.17) is 10.4 Å². The van der Waals surface area contributed by atoms with Gasteiger partial charge < -0.3 is 4.90 Å². The van der Waals surface area contributed by atoms with Gasteiger partial charge in [0.15, 0.2) is 0 Å². The Bertz CT molecular complexity index is 691. The lowest BCUT2D eigenvalue weighted by molar-refractivity contribution is -0.117. The van der Waals surface area contributed by atoms with E-state index in [1.54, 1.807) is 18.2 Å². The van der Waals surface area contributed by atoms with Gasteiger partial charge in [-0.1, -0.05) is 6.92 Å². The fourth-order valence-electron chi connectivity index (χ4n) is 2.33. The number of hydrogen-bond donors (Lipinski definition) is 1. The van der Waals surface area contributed by atoms with E-state index in [0.29, 0.717) is 17.7 Å². The standard InChI is InChI=1S/C13H15N3O3S/c1-2-10-5-9(7-14)3-4-12(10)16-8-11(6-13(16)17)20(15,18)19/h3-5,11H,2,6,8H2,1H3,(H2,15,18,19). The molecule has 1 unspecified atom stereocenters. The molecule has 6 nitrogen and oxygen atoms in total. The van der Waals surface area contributed by atoms with Gasteiger partial charge in [-0.05, 0) is 30.2 Å². The van der Waals surface area contributed by atoms with Crippen molar-refractivity contribution in [2.75, 3.05) is 11.4 Å². The second kappa shape index (κ2) is 5.23. The molecule has 0 radical (unpaired) electrons. The molecule has 2 N–H and O–H groups in total. The number of sulfonamides is 1. The SMILES string of the molecule is CCc1cc(C#N)ccc1N1CC(S(N)(=O)=O)CC1=O. The molecule has 0 spiro atoms. The summed E-state index contributed by atoms with van der Waals surface area (Å²) in [6.07, 6.45) is 0.552. The van der Waals surface area contributed by atoms with E-state index >= 15 is 0 Å². The molecule has 1 aliphatic heterocycles. The summed E-state index contributed by atoms with van der Waals surface area (Å²) < 4.78 is 22.7. The summed E-state index contributed by atoms with van der Waals surface area (Å²) in [5.41, 5.74) is 2.01. The van der Waals surface area contributed by atoms with Crippen molar-refractivity contribution in [3.05, 3.63) is 29.3 Å². The van der Waals surface area contributed by atoms with E-state index in [0.717, 1.165) is 5.56 Å². The van der Waals surface area contributed by atoms with Gasteiger partial charge in [0, 0.05) is 18.7 Å². The first kappa shape index (κ1) is 14.5. The molecule has 1 heterocycles. The van der Waals surface area contributed by atoms with Crippen molar-refractivity contribution in [1.82, 2.24) is 0 Å². The van der Waals surface area contributed by atoms with Crippen LogP contribution in [0, 0.1) is 11.3 Å². The van der Waals surface area contributed by atoms with Crippen LogP contribution in [0.4, 0.5) is 5.69 Å². The van der Waals surface area contributed by atoms with Crippen LogP contribution in [0.5, 0.6) is 0 Å². The molecule has 7 heteroatoms. The van der Waals surface area contributed by atoms with Gasteiger partial charge in [0.2, 0.25) is 15.9 Å². The molecule has 0 aliphatic carbocycles. The van der Waals surface area contributed by atoms with Crippen molar-refractivity contribution in [2.45, 2.75) is 25.0 Å². The summed E-state index contributed by atoms with van der Waals surface area (Å²) in [6, 6.07) is 7.06. The summed E-state index contributed by atoms with van der Waals surface area (Å²) in [5, 5.41) is 13.1. The molecule has 1 saturated heterocycles. The summed E-state index contributed by atoms with van der Waals surface area (Å²) >= 11 is 0. The van der Waals surface area contributed by atoms with E-state index in [9.17, 15) is 13.2 Å². The fourth-order valence-corrected chi connectivity index (χ4v) is 3.06. The maximum atomic E-state index is 12.0. The second-order valence-corrected chi connectivity index (χ2v) is 6.57. The first-order valence-corrected chi connectivity index (χ1v) is 7.82. The molecule has 0 bridgehead atoms. The number of primary sulfonamides is 1. The molecule has 1 aliphatic rings. The zero-order chi connectivity index (χ0) is 14.9. The Balaban J connectivity index is 2.38. The molecule has 2 rings (SSSR count). The van der Waals surface area contributed by atoms with Crippen molar-refractivity contribution >= 4 is 21.6 Å². The van der Waals surface area contributed by atoms with Crippen molar-refractivity contribution in [3.63, 3.8) is 0 Å². The molecule has 1 aromatic rings. The lowest BCUT2D eigenvalue weighted by atomic mass is 10.1. The van der Waals surface area contributed by atoms with Crippen LogP contribution in [0.2, 0.25) is 0 Å². The van der Waals surface area contributed by atoms with Gasteiger partial charge in [-0.25, -0.2) is 13.6 Å². The number of amides is 1. The zero-order valence-electron chi connectivity index (χ0n) is 11.0. The number of nitriles is 1. The quantitative estimate of drug-likeness (QED) is 0.876. The largest absolute Gasteiger partial charge is 0.311 e. The molecule has 0 saturated carbocycles. The Labute approximate surface area is 117 Å². The van der Waals surface area contributed by atoms with E-state index < -0.39 is 15.3 Å². The first-order valence-electron chi connectivity index (χ1n) is 6.21. The van der Waals surface area contributed by atoms with Gasteiger partial charge in [-0.3, -0.25) is 4.79 Å². The minimum Gasteiger partial charge on any atom is -0.311 e. The molecule has 106 valence electrons. The van der Waals surface area contributed by atoms with Gasteiger partial charge in [0.1, 0.15) is 5.25 Å². The zero-order valence-corrected chi connectivity index (χ0v) is 11.9. The Morgan fingerprint density at radius 1 is 1.50 bits per heavy atom. The van der Waals surface area contributed by atoms with Crippen LogP contribution in [0.25, 0.3) is 0 Å². The normalized spacial score (nSPS) is 19.1. The molecule has 1 amide bonds. The molecule has 1 fully saturated rings. The van der Waals surface area contributed by atoms with Gasteiger partial charge in [0.05, 0.1) is 11.6 Å². The lowest BCUT2D eigenvalue weighted by Gasteiger charge is -2.20. The third-order valence-electron chi connectivity index (χ3n) is 3.43. The number of carbonyl (C=O) groups is 1. The van der Waals surface area contributed by atoms with Crippen molar-refractivity contribution in [1.29, 1.82) is 5.26 Å². The van der Waals surface area contributed by atoms with E-state index in [-0.39, 0.29) is 18.9 Å². The smallest absolute Gasteiger partial charge is 0.228 e. The van der Waals surface area contributed by atoms with Crippen molar-refractivity contribution < 1.29 is 13.2 Å². The van der Waals surface area contributed by atoms with Gasteiger partial charge in [-0.15, -0.1) is 0 Å². The number of benzene rings is 1. The Morgan fingerprint density at radius 2 is 2.20 bits per heavy atom. The average Bonchev–Trinajstić information content (AvgIpc) is 2.80. The number of nitrogens with two attached hydrogens (primary N) is 1. The van der Waals surface area contributed by atoms with Crippen LogP contribution in [0.15, 0.2) is 18.2 Å². The van der Waals surface area contributed by atoms with E-state index in [1.807, 2.05) is 13.0 Å². The molecule has 1 aromatic carbocycles. The third kappa shape index (κ3) is 2.66. The van der Waals surface area contributed by atoms with Crippen LogP contribution in [0.3, 0.4) is 0 Å². The summed E-state index contributed by atoms with van der Waals surface area (Å²) in [6.45, 7) is 1.98. The maximum absolute atomic E-state index is 12.0. The van der Waals surface area contributed by atoms with Gasteiger partial charge in [-0.2, -0.15) is 5.26 Å². The predicted molar refractivity (Wildman–Crippen MR) is 74.4 cm³/mol. The monoisotopic (exact) mass is 293 g/mol. The number of aryl methyl sites for hydroxylation is 1. The number of anilines is 1. The predicted octanol–water partition coefficient (Wildman–Crippen LogP) is 0.514. The van der Waals surface area contributed by atoms with Crippen molar-refractivity contribution in [3.8, 4) is 6.07 Å². The lowest BCUT2D eigenvalue weighted by Crippen LogP contribution is -2.32.